The Morgan fingerprint density at radius 1 is 1.00 bits per heavy atom. The molecule has 0 radical (unpaired) electrons. The van der Waals surface area contributed by atoms with Crippen LogP contribution in [0.5, 0.6) is 0 Å². The molecule has 0 bridgehead atoms. The van der Waals surface area contributed by atoms with Gasteiger partial charge in [-0.1, -0.05) is 0 Å². The standard InChI is InChI=1S/C10H20O2S.2C2H5.Sn.H/c1-3-5-7-13(8-6-4-2)9-10(11)12;2*1-2;;/h3-9H2,1-2H3;2*1H2,2H3;;/q;;;-1;/p+1. The van der Waals surface area contributed by atoms with Gasteiger partial charge in [0, 0.05) is 0 Å². The average molecular weight is 383 g/mol. The van der Waals surface area contributed by atoms with Crippen molar-refractivity contribution in [3.8, 4) is 0 Å². The van der Waals surface area contributed by atoms with Crippen molar-refractivity contribution in [2.45, 2.75) is 62.3 Å². The Hall–Kier alpha value is 0.619. The number of carbonyl (C=O) groups is 1. The summed E-state index contributed by atoms with van der Waals surface area (Å²) in [5.41, 5.74) is 0. The zero-order valence-corrected chi connectivity index (χ0v) is 16.8. The van der Waals surface area contributed by atoms with Crippen LogP contribution >= 0.6 is 7.21 Å². The van der Waals surface area contributed by atoms with Crippen molar-refractivity contribution in [2.75, 3.05) is 17.3 Å². The predicted molar refractivity (Wildman–Crippen MR) is 87.8 cm³/mol. The molecule has 0 aromatic carbocycles. The summed E-state index contributed by atoms with van der Waals surface area (Å²) in [5, 5.41) is 9.34. The summed E-state index contributed by atoms with van der Waals surface area (Å²) in [6, 6.07) is 0. The minimum atomic E-state index is -1.63. The van der Waals surface area contributed by atoms with Crippen LogP contribution in [0.4, 0.5) is 0 Å². The molecule has 0 aliphatic carbocycles. The van der Waals surface area contributed by atoms with E-state index in [1.807, 2.05) is 0 Å². The maximum atomic E-state index is 11.3. The molecule has 0 fully saturated rings. The summed E-state index contributed by atoms with van der Waals surface area (Å²) in [4.78, 5) is 11.3. The van der Waals surface area contributed by atoms with Gasteiger partial charge in [0.05, 0.1) is 0 Å². The average Bonchev–Trinajstić information content (AvgIpc) is 2.34. The van der Waals surface area contributed by atoms with Crippen LogP contribution in [0.2, 0.25) is 8.87 Å². The van der Waals surface area contributed by atoms with Gasteiger partial charge in [0.1, 0.15) is 0 Å². The van der Waals surface area contributed by atoms with Crippen LogP contribution in [0.3, 0.4) is 0 Å². The molecular formula is C14H32O2SSn. The number of unbranched alkanes of at least 4 members (excludes halogenated alkanes) is 2. The summed E-state index contributed by atoms with van der Waals surface area (Å²) >= 11 is -1.63. The summed E-state index contributed by atoms with van der Waals surface area (Å²) < 4.78 is 2.71. The first-order chi connectivity index (χ1) is 8.56. The van der Waals surface area contributed by atoms with E-state index in [0.717, 1.165) is 0 Å². The second-order valence-corrected chi connectivity index (χ2v) is 29.8. The van der Waals surface area contributed by atoms with Gasteiger partial charge in [-0.3, -0.25) is 0 Å². The topological polar surface area (TPSA) is 37.3 Å². The number of aliphatic carboxylic acids is 1. The van der Waals surface area contributed by atoms with Gasteiger partial charge in [0.2, 0.25) is 0 Å². The number of carboxylic acids is 1. The van der Waals surface area contributed by atoms with Crippen LogP contribution in [0.1, 0.15) is 53.4 Å². The van der Waals surface area contributed by atoms with Crippen molar-refractivity contribution in [3.63, 3.8) is 0 Å². The number of carboxylic acid groups (broad SMARTS) is 1. The molecule has 0 amide bonds. The summed E-state index contributed by atoms with van der Waals surface area (Å²) in [6.45, 7) is 9.11. The molecule has 0 aliphatic rings. The van der Waals surface area contributed by atoms with Gasteiger partial charge in [0.25, 0.3) is 0 Å². The maximum absolute atomic E-state index is 11.3. The molecule has 0 aromatic rings. The molecule has 0 saturated carbocycles. The fourth-order valence-corrected chi connectivity index (χ4v) is 33.4. The van der Waals surface area contributed by atoms with Gasteiger partial charge in [0.15, 0.2) is 0 Å². The van der Waals surface area contributed by atoms with Crippen molar-refractivity contribution in [1.29, 1.82) is 0 Å². The summed E-state index contributed by atoms with van der Waals surface area (Å²) in [5.74, 6) is 2.53. The fraction of sp³-hybridized carbons (Fsp3) is 0.929. The van der Waals surface area contributed by atoms with E-state index in [-0.39, 0.29) is 0 Å². The first-order valence-corrected chi connectivity index (χ1v) is 18.4. The van der Waals surface area contributed by atoms with E-state index in [9.17, 15) is 9.90 Å². The van der Waals surface area contributed by atoms with Crippen molar-refractivity contribution in [2.24, 2.45) is 0 Å². The van der Waals surface area contributed by atoms with Crippen LogP contribution in [-0.2, 0) is 4.79 Å². The van der Waals surface area contributed by atoms with Crippen LogP contribution in [0.15, 0.2) is 0 Å². The van der Waals surface area contributed by atoms with Gasteiger partial charge in [-0.2, -0.15) is 0 Å². The predicted octanol–water partition coefficient (Wildman–Crippen LogP) is 4.24. The third kappa shape index (κ3) is 6.18. The molecular weight excluding hydrogens is 351 g/mol. The Morgan fingerprint density at radius 3 is 1.72 bits per heavy atom. The van der Waals surface area contributed by atoms with Crippen LogP contribution in [-0.4, -0.2) is 46.7 Å². The Kier molecular flexibility index (Phi) is 10.8. The van der Waals surface area contributed by atoms with E-state index in [0.29, 0.717) is 5.75 Å². The second-order valence-electron chi connectivity index (χ2n) is 5.20. The van der Waals surface area contributed by atoms with Crippen molar-refractivity contribution in [3.05, 3.63) is 0 Å². The van der Waals surface area contributed by atoms with E-state index in [4.69, 9.17) is 0 Å². The summed E-state index contributed by atoms with van der Waals surface area (Å²) in [6.07, 6.45) is 4.93. The van der Waals surface area contributed by atoms with Crippen molar-refractivity contribution in [1.82, 2.24) is 0 Å². The number of hydrogen-bond acceptors (Lipinski definition) is 1. The Labute approximate surface area is 120 Å². The van der Waals surface area contributed by atoms with Gasteiger partial charge in [-0.25, -0.2) is 0 Å². The Bertz CT molecular complexity index is 222. The zero-order chi connectivity index (χ0) is 14.0. The monoisotopic (exact) mass is 384 g/mol. The molecule has 4 heteroatoms. The quantitative estimate of drug-likeness (QED) is 0.542. The number of hydrogen-bond donors (Lipinski definition) is 1. The molecule has 2 nitrogen and oxygen atoms in total. The molecule has 0 spiro atoms. The molecule has 0 unspecified atom stereocenters. The third-order valence-electron chi connectivity index (χ3n) is 3.84. The molecule has 0 atom stereocenters. The normalized spacial score (nSPS) is 12.9. The van der Waals surface area contributed by atoms with Crippen molar-refractivity contribution < 1.29 is 9.90 Å². The molecule has 0 heterocycles. The molecule has 110 valence electrons. The van der Waals surface area contributed by atoms with Crippen LogP contribution in [0, 0.1) is 0 Å². The van der Waals surface area contributed by atoms with Crippen LogP contribution in [0.25, 0.3) is 0 Å². The van der Waals surface area contributed by atoms with E-state index in [2.05, 4.69) is 27.7 Å². The van der Waals surface area contributed by atoms with Gasteiger partial charge in [-0.05, 0) is 0 Å². The SMILES string of the molecule is CCCC[S](CCCC)(CC(=O)O)[SnH]([CH2]C)[CH2]C. The molecule has 0 rings (SSSR count). The van der Waals surface area contributed by atoms with Gasteiger partial charge in [-0.15, -0.1) is 0 Å². The second kappa shape index (κ2) is 10.4. The first kappa shape index (κ1) is 18.6. The molecule has 18 heavy (non-hydrogen) atoms. The van der Waals surface area contributed by atoms with E-state index >= 15 is 0 Å². The zero-order valence-electron chi connectivity index (χ0n) is 12.7. The van der Waals surface area contributed by atoms with E-state index < -0.39 is 31.6 Å². The Morgan fingerprint density at radius 2 is 1.44 bits per heavy atom. The molecule has 0 saturated heterocycles. The summed E-state index contributed by atoms with van der Waals surface area (Å²) in [7, 11) is -0.751. The molecule has 0 aliphatic heterocycles. The molecule has 1 N–H and O–H groups in total. The third-order valence-corrected chi connectivity index (χ3v) is 35.5. The number of rotatable bonds is 11. The Balaban J connectivity index is 5.01. The van der Waals surface area contributed by atoms with E-state index in [1.54, 1.807) is 0 Å². The van der Waals surface area contributed by atoms with Crippen LogP contribution < -0.4 is 0 Å². The van der Waals surface area contributed by atoms with E-state index in [1.165, 1.54) is 46.1 Å². The van der Waals surface area contributed by atoms with Gasteiger partial charge < -0.3 is 0 Å². The molecule has 0 aromatic heterocycles. The van der Waals surface area contributed by atoms with Gasteiger partial charge >= 0.3 is 121 Å². The minimum absolute atomic E-state index is 0.527. The fourth-order valence-electron chi connectivity index (χ4n) is 2.80. The first-order valence-electron chi connectivity index (χ1n) is 7.53. The van der Waals surface area contributed by atoms with Crippen molar-refractivity contribution >= 4 is 31.6 Å².